The van der Waals surface area contributed by atoms with Gasteiger partial charge in [-0.15, -0.1) is 11.6 Å². The van der Waals surface area contributed by atoms with E-state index in [1.54, 1.807) is 6.92 Å². The molecule has 1 aromatic rings. The number of ether oxygens (including phenoxy) is 1. The average Bonchev–Trinajstić information content (AvgIpc) is 2.32. The Bertz CT molecular complexity index is 430. The van der Waals surface area contributed by atoms with Gasteiger partial charge in [0.1, 0.15) is 17.7 Å². The van der Waals surface area contributed by atoms with Crippen LogP contribution in [0.1, 0.15) is 23.6 Å². The maximum atomic E-state index is 11.2. The van der Waals surface area contributed by atoms with E-state index in [-0.39, 0.29) is 5.91 Å². The Balaban J connectivity index is 2.50. The lowest BCUT2D eigenvalue weighted by atomic mass is 10.1. The van der Waals surface area contributed by atoms with Crippen LogP contribution in [0.2, 0.25) is 0 Å². The molecule has 0 aromatic heterocycles. The third kappa shape index (κ3) is 3.91. The zero-order valence-electron chi connectivity index (χ0n) is 11.3. The van der Waals surface area contributed by atoms with Gasteiger partial charge in [-0.2, -0.15) is 0 Å². The van der Waals surface area contributed by atoms with Crippen molar-refractivity contribution in [1.29, 1.82) is 0 Å². The Morgan fingerprint density at radius 2 is 1.94 bits per heavy atom. The van der Waals surface area contributed by atoms with Crippen LogP contribution in [0.15, 0.2) is 12.1 Å². The fourth-order valence-corrected chi connectivity index (χ4v) is 1.69. The van der Waals surface area contributed by atoms with Crippen molar-refractivity contribution in [2.45, 2.75) is 33.1 Å². The first-order chi connectivity index (χ1) is 8.43. The van der Waals surface area contributed by atoms with Gasteiger partial charge in [0.2, 0.25) is 5.91 Å². The van der Waals surface area contributed by atoms with Crippen molar-refractivity contribution in [1.82, 2.24) is 5.32 Å². The van der Waals surface area contributed by atoms with Crippen molar-refractivity contribution in [3.8, 4) is 5.75 Å². The summed E-state index contributed by atoms with van der Waals surface area (Å²) in [5, 5.41) is 2.20. The Hall–Kier alpha value is -1.22. The summed E-state index contributed by atoms with van der Waals surface area (Å²) >= 11 is 5.64. The van der Waals surface area contributed by atoms with Crippen LogP contribution in [0.4, 0.5) is 0 Å². The predicted molar refractivity (Wildman–Crippen MR) is 74.5 cm³/mol. The number of rotatable bonds is 5. The fraction of sp³-hybridized carbons (Fsp3) is 0.500. The number of benzene rings is 1. The Kier molecular flexibility index (Phi) is 5.48. The lowest BCUT2D eigenvalue weighted by molar-refractivity contribution is -0.120. The summed E-state index contributed by atoms with van der Waals surface area (Å²) in [5.41, 5.74) is 3.45. The molecule has 0 heterocycles. The first kappa shape index (κ1) is 14.8. The van der Waals surface area contributed by atoms with E-state index < -0.39 is 5.38 Å². The van der Waals surface area contributed by atoms with Crippen molar-refractivity contribution >= 4 is 17.5 Å². The van der Waals surface area contributed by atoms with E-state index >= 15 is 0 Å². The zero-order chi connectivity index (χ0) is 13.7. The number of halogens is 1. The number of amides is 1. The Morgan fingerprint density at radius 1 is 1.33 bits per heavy atom. The molecule has 100 valence electrons. The maximum absolute atomic E-state index is 11.2. The minimum absolute atomic E-state index is 0.169. The summed E-state index contributed by atoms with van der Waals surface area (Å²) in [6, 6.07) is 4.12. The smallest absolute Gasteiger partial charge is 0.237 e. The van der Waals surface area contributed by atoms with Crippen LogP contribution in [0.3, 0.4) is 0 Å². The van der Waals surface area contributed by atoms with Crippen LogP contribution in [0.5, 0.6) is 5.75 Å². The molecule has 1 unspecified atom stereocenters. The number of carbonyl (C=O) groups is 1. The van der Waals surface area contributed by atoms with Crippen LogP contribution in [0, 0.1) is 20.8 Å². The molecule has 4 heteroatoms. The quantitative estimate of drug-likeness (QED) is 0.659. The molecule has 3 nitrogen and oxygen atoms in total. The topological polar surface area (TPSA) is 38.3 Å². The van der Waals surface area contributed by atoms with Gasteiger partial charge >= 0.3 is 0 Å². The van der Waals surface area contributed by atoms with Gasteiger partial charge in [-0.05, 0) is 44.4 Å². The molecular weight excluding hydrogens is 250 g/mol. The summed E-state index contributed by atoms with van der Waals surface area (Å²) in [7, 11) is 0. The van der Waals surface area contributed by atoms with Gasteiger partial charge in [-0.1, -0.05) is 12.1 Å². The zero-order valence-corrected chi connectivity index (χ0v) is 12.1. The molecule has 0 saturated carbocycles. The van der Waals surface area contributed by atoms with Crippen LogP contribution >= 0.6 is 11.6 Å². The average molecular weight is 270 g/mol. The van der Waals surface area contributed by atoms with Crippen LogP contribution in [-0.4, -0.2) is 24.4 Å². The van der Waals surface area contributed by atoms with E-state index in [1.165, 1.54) is 5.56 Å². The summed E-state index contributed by atoms with van der Waals surface area (Å²) < 4.78 is 5.72. The van der Waals surface area contributed by atoms with Gasteiger partial charge in [0.25, 0.3) is 0 Å². The molecule has 0 aliphatic heterocycles. The van der Waals surface area contributed by atoms with E-state index in [9.17, 15) is 4.79 Å². The molecule has 1 rings (SSSR count). The minimum Gasteiger partial charge on any atom is -0.491 e. The molecule has 1 atom stereocenters. The van der Waals surface area contributed by atoms with Crippen molar-refractivity contribution in [2.75, 3.05) is 13.2 Å². The lowest BCUT2D eigenvalue weighted by Crippen LogP contribution is -2.33. The summed E-state index contributed by atoms with van der Waals surface area (Å²) in [4.78, 5) is 11.2. The Labute approximate surface area is 113 Å². The van der Waals surface area contributed by atoms with Gasteiger partial charge in [0.15, 0.2) is 0 Å². The highest BCUT2D eigenvalue weighted by Crippen LogP contribution is 2.25. The van der Waals surface area contributed by atoms with Crippen LogP contribution in [0.25, 0.3) is 0 Å². The maximum Gasteiger partial charge on any atom is 0.237 e. The number of nitrogens with one attached hydrogen (secondary N) is 1. The van der Waals surface area contributed by atoms with E-state index in [1.807, 2.05) is 19.9 Å². The summed E-state index contributed by atoms with van der Waals surface area (Å²) in [6.45, 7) is 8.66. The first-order valence-electron chi connectivity index (χ1n) is 6.05. The molecule has 0 saturated heterocycles. The molecule has 1 N–H and O–H groups in total. The molecule has 0 aliphatic rings. The second-order valence-corrected chi connectivity index (χ2v) is 5.06. The van der Waals surface area contributed by atoms with Crippen molar-refractivity contribution in [3.05, 3.63) is 28.8 Å². The van der Waals surface area contributed by atoms with E-state index in [0.717, 1.165) is 16.9 Å². The highest BCUT2D eigenvalue weighted by atomic mass is 35.5. The molecule has 1 amide bonds. The van der Waals surface area contributed by atoms with Gasteiger partial charge in [0, 0.05) is 0 Å². The van der Waals surface area contributed by atoms with Gasteiger partial charge in [0.05, 0.1) is 6.54 Å². The van der Waals surface area contributed by atoms with Crippen LogP contribution in [-0.2, 0) is 4.79 Å². The second kappa shape index (κ2) is 6.64. The van der Waals surface area contributed by atoms with E-state index in [4.69, 9.17) is 16.3 Å². The largest absolute Gasteiger partial charge is 0.491 e. The summed E-state index contributed by atoms with van der Waals surface area (Å²) in [5.74, 6) is 0.737. The third-order valence-electron chi connectivity index (χ3n) is 2.88. The van der Waals surface area contributed by atoms with E-state index in [0.29, 0.717) is 13.2 Å². The molecule has 0 spiro atoms. The van der Waals surface area contributed by atoms with Crippen LogP contribution < -0.4 is 10.1 Å². The normalized spacial score (nSPS) is 12.1. The number of hydrogen-bond donors (Lipinski definition) is 1. The SMILES string of the molecule is Cc1ccc(C)c(OCCNC(=O)C(C)Cl)c1C. The van der Waals surface area contributed by atoms with Crippen molar-refractivity contribution in [3.63, 3.8) is 0 Å². The minimum atomic E-state index is -0.507. The molecule has 0 bridgehead atoms. The van der Waals surface area contributed by atoms with Gasteiger partial charge in [-0.3, -0.25) is 4.79 Å². The molecular formula is C14H20ClNO2. The number of alkyl halides is 1. The molecule has 0 aliphatic carbocycles. The molecule has 0 fully saturated rings. The van der Waals surface area contributed by atoms with Crippen molar-refractivity contribution < 1.29 is 9.53 Å². The predicted octanol–water partition coefficient (Wildman–Crippen LogP) is 2.73. The fourth-order valence-electron chi connectivity index (χ4n) is 1.62. The van der Waals surface area contributed by atoms with Crippen molar-refractivity contribution in [2.24, 2.45) is 0 Å². The lowest BCUT2D eigenvalue weighted by Gasteiger charge is -2.14. The van der Waals surface area contributed by atoms with Gasteiger partial charge < -0.3 is 10.1 Å². The van der Waals surface area contributed by atoms with Gasteiger partial charge in [-0.25, -0.2) is 0 Å². The molecule has 1 aromatic carbocycles. The standard InChI is InChI=1S/C14H20ClNO2/c1-9-5-6-10(2)13(11(9)3)18-8-7-16-14(17)12(4)15/h5-6,12H,7-8H2,1-4H3,(H,16,17). The first-order valence-corrected chi connectivity index (χ1v) is 6.48. The number of aryl methyl sites for hydroxylation is 2. The number of hydrogen-bond acceptors (Lipinski definition) is 2. The molecule has 0 radical (unpaired) electrons. The van der Waals surface area contributed by atoms with E-state index in [2.05, 4.69) is 18.3 Å². The highest BCUT2D eigenvalue weighted by molar-refractivity contribution is 6.30. The second-order valence-electron chi connectivity index (χ2n) is 4.41. The molecule has 18 heavy (non-hydrogen) atoms. The third-order valence-corrected chi connectivity index (χ3v) is 3.08. The monoisotopic (exact) mass is 269 g/mol. The summed E-state index contributed by atoms with van der Waals surface area (Å²) in [6.07, 6.45) is 0. The highest BCUT2D eigenvalue weighted by Gasteiger charge is 2.09. The Morgan fingerprint density at radius 3 is 2.56 bits per heavy atom. The number of carbonyl (C=O) groups excluding carboxylic acids is 1.